The Hall–Kier alpha value is -1.00. The molecule has 0 aliphatic heterocycles. The predicted octanol–water partition coefficient (Wildman–Crippen LogP) is 2.28. The molecule has 0 spiro atoms. The van der Waals surface area contributed by atoms with E-state index in [0.717, 1.165) is 18.8 Å². The first kappa shape index (κ1) is 15.1. The zero-order valence-electron chi connectivity index (χ0n) is 11.1. The van der Waals surface area contributed by atoms with Crippen molar-refractivity contribution in [3.05, 3.63) is 30.3 Å². The standard InChI is InChI=1S/C14H22N2OS/c1-12(2)16-14(17)8-9-15-10-11-18-13-6-4-3-5-7-13/h3-7,12,15H,8-11H2,1-2H3,(H,16,17). The molecule has 0 aliphatic rings. The quantitative estimate of drug-likeness (QED) is 0.560. The molecule has 0 radical (unpaired) electrons. The van der Waals surface area contributed by atoms with Gasteiger partial charge in [0.15, 0.2) is 0 Å². The van der Waals surface area contributed by atoms with Crippen molar-refractivity contribution in [3.8, 4) is 0 Å². The maximum atomic E-state index is 11.4. The highest BCUT2D eigenvalue weighted by Gasteiger charge is 2.01. The second-order valence-corrected chi connectivity index (χ2v) is 5.55. The normalized spacial score (nSPS) is 10.6. The number of hydrogen-bond acceptors (Lipinski definition) is 3. The van der Waals surface area contributed by atoms with Crippen LogP contribution < -0.4 is 10.6 Å². The fourth-order valence-electron chi connectivity index (χ4n) is 1.48. The van der Waals surface area contributed by atoms with Crippen molar-refractivity contribution in [1.29, 1.82) is 0 Å². The molecular formula is C14H22N2OS. The monoisotopic (exact) mass is 266 g/mol. The average Bonchev–Trinajstić information content (AvgIpc) is 2.34. The predicted molar refractivity (Wildman–Crippen MR) is 77.9 cm³/mol. The number of nitrogens with one attached hydrogen (secondary N) is 2. The Bertz CT molecular complexity index is 341. The van der Waals surface area contributed by atoms with Gasteiger partial charge in [0.2, 0.25) is 5.91 Å². The van der Waals surface area contributed by atoms with E-state index in [9.17, 15) is 4.79 Å². The summed E-state index contributed by atoms with van der Waals surface area (Å²) in [6.07, 6.45) is 0.550. The van der Waals surface area contributed by atoms with Crippen molar-refractivity contribution in [2.75, 3.05) is 18.8 Å². The summed E-state index contributed by atoms with van der Waals surface area (Å²) in [7, 11) is 0. The van der Waals surface area contributed by atoms with Gasteiger partial charge < -0.3 is 10.6 Å². The Morgan fingerprint density at radius 2 is 1.94 bits per heavy atom. The van der Waals surface area contributed by atoms with Crippen molar-refractivity contribution in [1.82, 2.24) is 10.6 Å². The zero-order chi connectivity index (χ0) is 13.2. The van der Waals surface area contributed by atoms with Crippen molar-refractivity contribution < 1.29 is 4.79 Å². The number of rotatable bonds is 8. The molecule has 0 saturated carbocycles. The molecule has 0 atom stereocenters. The highest BCUT2D eigenvalue weighted by Crippen LogP contribution is 2.15. The van der Waals surface area contributed by atoms with Crippen molar-refractivity contribution in [2.24, 2.45) is 0 Å². The molecule has 0 heterocycles. The van der Waals surface area contributed by atoms with Crippen LogP contribution in [0.2, 0.25) is 0 Å². The molecule has 100 valence electrons. The van der Waals surface area contributed by atoms with E-state index in [-0.39, 0.29) is 11.9 Å². The average molecular weight is 266 g/mol. The molecule has 18 heavy (non-hydrogen) atoms. The van der Waals surface area contributed by atoms with E-state index >= 15 is 0 Å². The fourth-order valence-corrected chi connectivity index (χ4v) is 2.31. The van der Waals surface area contributed by atoms with Crippen LogP contribution in [0.3, 0.4) is 0 Å². The molecule has 0 aromatic heterocycles. The van der Waals surface area contributed by atoms with Crippen LogP contribution >= 0.6 is 11.8 Å². The Morgan fingerprint density at radius 3 is 2.61 bits per heavy atom. The number of benzene rings is 1. The van der Waals surface area contributed by atoms with E-state index in [0.29, 0.717) is 6.42 Å². The third-order valence-corrected chi connectivity index (χ3v) is 3.28. The summed E-state index contributed by atoms with van der Waals surface area (Å²) in [4.78, 5) is 12.6. The lowest BCUT2D eigenvalue weighted by molar-refractivity contribution is -0.121. The number of amides is 1. The molecule has 4 heteroatoms. The van der Waals surface area contributed by atoms with E-state index in [1.165, 1.54) is 4.90 Å². The SMILES string of the molecule is CC(C)NC(=O)CCNCCSc1ccccc1. The van der Waals surface area contributed by atoms with Crippen LogP contribution in [0.5, 0.6) is 0 Å². The number of carbonyl (C=O) groups excluding carboxylic acids is 1. The van der Waals surface area contributed by atoms with Gasteiger partial charge in [-0.3, -0.25) is 4.79 Å². The number of thioether (sulfide) groups is 1. The molecule has 3 nitrogen and oxygen atoms in total. The Kier molecular flexibility index (Phi) is 7.53. The minimum absolute atomic E-state index is 0.119. The van der Waals surface area contributed by atoms with Gasteiger partial charge in [0.1, 0.15) is 0 Å². The first-order valence-electron chi connectivity index (χ1n) is 6.36. The number of carbonyl (C=O) groups is 1. The van der Waals surface area contributed by atoms with Crippen LogP contribution in [0, 0.1) is 0 Å². The van der Waals surface area contributed by atoms with Gasteiger partial charge >= 0.3 is 0 Å². The van der Waals surface area contributed by atoms with Gasteiger partial charge in [-0.05, 0) is 26.0 Å². The van der Waals surface area contributed by atoms with Crippen LogP contribution in [0.25, 0.3) is 0 Å². The highest BCUT2D eigenvalue weighted by molar-refractivity contribution is 7.99. The van der Waals surface area contributed by atoms with Gasteiger partial charge in [-0.2, -0.15) is 0 Å². The third-order valence-electron chi connectivity index (χ3n) is 2.27. The maximum absolute atomic E-state index is 11.4. The Labute approximate surface area is 114 Å². The van der Waals surface area contributed by atoms with Gasteiger partial charge in [0, 0.05) is 36.2 Å². The topological polar surface area (TPSA) is 41.1 Å². The van der Waals surface area contributed by atoms with E-state index < -0.39 is 0 Å². The lowest BCUT2D eigenvalue weighted by atomic mass is 10.3. The van der Waals surface area contributed by atoms with Crippen molar-refractivity contribution in [2.45, 2.75) is 31.2 Å². The zero-order valence-corrected chi connectivity index (χ0v) is 11.9. The molecule has 0 saturated heterocycles. The summed E-state index contributed by atoms with van der Waals surface area (Å²) in [6.45, 7) is 5.62. The Morgan fingerprint density at radius 1 is 1.22 bits per heavy atom. The van der Waals surface area contributed by atoms with Gasteiger partial charge in [-0.15, -0.1) is 11.8 Å². The molecule has 1 aromatic rings. The van der Waals surface area contributed by atoms with Crippen LogP contribution in [0.4, 0.5) is 0 Å². The molecule has 0 aliphatic carbocycles. The molecule has 0 bridgehead atoms. The first-order valence-corrected chi connectivity index (χ1v) is 7.35. The summed E-state index contributed by atoms with van der Waals surface area (Å²) >= 11 is 1.83. The minimum atomic E-state index is 0.119. The van der Waals surface area contributed by atoms with E-state index in [2.05, 4.69) is 22.8 Å². The maximum Gasteiger partial charge on any atom is 0.221 e. The van der Waals surface area contributed by atoms with Gasteiger partial charge in [-0.25, -0.2) is 0 Å². The van der Waals surface area contributed by atoms with Crippen molar-refractivity contribution in [3.63, 3.8) is 0 Å². The fraction of sp³-hybridized carbons (Fsp3) is 0.500. The summed E-state index contributed by atoms with van der Waals surface area (Å²) < 4.78 is 0. The van der Waals surface area contributed by atoms with Gasteiger partial charge in [0.05, 0.1) is 0 Å². The molecule has 2 N–H and O–H groups in total. The first-order chi connectivity index (χ1) is 8.68. The Balaban J connectivity index is 1.98. The highest BCUT2D eigenvalue weighted by atomic mass is 32.2. The second kappa shape index (κ2) is 9.00. The molecule has 1 rings (SSSR count). The largest absolute Gasteiger partial charge is 0.354 e. The lowest BCUT2D eigenvalue weighted by Crippen LogP contribution is -2.32. The molecule has 1 amide bonds. The van der Waals surface area contributed by atoms with Gasteiger partial charge in [-0.1, -0.05) is 18.2 Å². The number of hydrogen-bond donors (Lipinski definition) is 2. The van der Waals surface area contributed by atoms with Crippen LogP contribution in [0.1, 0.15) is 20.3 Å². The van der Waals surface area contributed by atoms with Crippen LogP contribution in [-0.2, 0) is 4.79 Å². The summed E-state index contributed by atoms with van der Waals surface area (Å²) in [5, 5.41) is 6.15. The summed E-state index contributed by atoms with van der Waals surface area (Å²) in [5.74, 6) is 1.14. The van der Waals surface area contributed by atoms with Crippen LogP contribution in [0.15, 0.2) is 35.2 Å². The smallest absolute Gasteiger partial charge is 0.221 e. The minimum Gasteiger partial charge on any atom is -0.354 e. The molecular weight excluding hydrogens is 244 g/mol. The van der Waals surface area contributed by atoms with Crippen molar-refractivity contribution >= 4 is 17.7 Å². The second-order valence-electron chi connectivity index (χ2n) is 4.38. The molecule has 0 fully saturated rings. The molecule has 0 unspecified atom stereocenters. The van der Waals surface area contributed by atoms with E-state index in [1.54, 1.807) is 0 Å². The lowest BCUT2D eigenvalue weighted by Gasteiger charge is -2.08. The summed E-state index contributed by atoms with van der Waals surface area (Å²) in [6, 6.07) is 10.6. The van der Waals surface area contributed by atoms with E-state index in [4.69, 9.17) is 0 Å². The van der Waals surface area contributed by atoms with Crippen LogP contribution in [-0.4, -0.2) is 30.8 Å². The van der Waals surface area contributed by atoms with Gasteiger partial charge in [0.25, 0.3) is 0 Å². The van der Waals surface area contributed by atoms with E-state index in [1.807, 2.05) is 43.8 Å². The third kappa shape index (κ3) is 7.35. The molecule has 1 aromatic carbocycles. The summed E-state index contributed by atoms with van der Waals surface area (Å²) in [5.41, 5.74) is 0.